The molecular formula is C21H23N3O4S. The van der Waals surface area contributed by atoms with Gasteiger partial charge in [0.1, 0.15) is 0 Å². The molecule has 3 fully saturated rings. The fraction of sp³-hybridized carbons (Fsp3) is 0.429. The molecule has 1 aliphatic carbocycles. The van der Waals surface area contributed by atoms with Gasteiger partial charge in [0.2, 0.25) is 15.9 Å². The minimum atomic E-state index is -3.55. The number of amides is 1. The summed E-state index contributed by atoms with van der Waals surface area (Å²) < 4.78 is 33.1. The molecule has 5 rings (SSSR count). The standard InChI is InChI=1S/C21H23N3O4S/c25-21(20-10-19(20)14-2-1-9-22-11-14)23-15-3-7-18(8-4-15)29(26,27)24-12-16-5-6-17(13-24)28-16/h1-4,7-9,11,16-17,19-20H,5-6,10,12-13H2,(H,23,25)/t16?,17?,19-,20+/m0/s1. The topological polar surface area (TPSA) is 88.6 Å². The summed E-state index contributed by atoms with van der Waals surface area (Å²) in [6, 6.07) is 10.3. The third kappa shape index (κ3) is 3.68. The van der Waals surface area contributed by atoms with Crippen molar-refractivity contribution in [2.24, 2.45) is 5.92 Å². The Balaban J connectivity index is 1.23. The lowest BCUT2D eigenvalue weighted by atomic mass is 10.1. The van der Waals surface area contributed by atoms with E-state index >= 15 is 0 Å². The molecule has 29 heavy (non-hydrogen) atoms. The van der Waals surface area contributed by atoms with Crippen molar-refractivity contribution in [2.45, 2.75) is 42.3 Å². The number of ether oxygens (including phenoxy) is 1. The Morgan fingerprint density at radius 2 is 1.83 bits per heavy atom. The summed E-state index contributed by atoms with van der Waals surface area (Å²) in [6.07, 6.45) is 6.18. The highest BCUT2D eigenvalue weighted by atomic mass is 32.2. The van der Waals surface area contributed by atoms with Crippen LogP contribution >= 0.6 is 0 Å². The van der Waals surface area contributed by atoms with Crippen LogP contribution in [-0.2, 0) is 19.6 Å². The van der Waals surface area contributed by atoms with E-state index in [1.807, 2.05) is 12.1 Å². The van der Waals surface area contributed by atoms with Crippen molar-refractivity contribution in [3.8, 4) is 0 Å². The molecule has 2 aliphatic heterocycles. The Kier molecular flexibility index (Phi) is 4.64. The Hall–Kier alpha value is -2.29. The van der Waals surface area contributed by atoms with Crippen molar-refractivity contribution >= 4 is 21.6 Å². The van der Waals surface area contributed by atoms with Crippen LogP contribution < -0.4 is 5.32 Å². The summed E-state index contributed by atoms with van der Waals surface area (Å²) in [5, 5.41) is 2.90. The number of anilines is 1. The van der Waals surface area contributed by atoms with E-state index < -0.39 is 10.0 Å². The second kappa shape index (κ2) is 7.19. The molecule has 3 heterocycles. The van der Waals surface area contributed by atoms with Crippen molar-refractivity contribution in [2.75, 3.05) is 18.4 Å². The van der Waals surface area contributed by atoms with Crippen LogP contribution in [0.2, 0.25) is 0 Å². The molecule has 7 nitrogen and oxygen atoms in total. The van der Waals surface area contributed by atoms with Gasteiger partial charge in [0.15, 0.2) is 0 Å². The molecule has 2 bridgehead atoms. The average molecular weight is 413 g/mol. The van der Waals surface area contributed by atoms with Crippen LogP contribution in [-0.4, -0.2) is 48.9 Å². The number of nitrogens with zero attached hydrogens (tertiary/aromatic N) is 2. The molecule has 0 spiro atoms. The number of sulfonamides is 1. The number of nitrogens with one attached hydrogen (secondary N) is 1. The molecule has 2 saturated heterocycles. The third-order valence-electron chi connectivity index (χ3n) is 6.01. The summed E-state index contributed by atoms with van der Waals surface area (Å²) in [7, 11) is -3.55. The smallest absolute Gasteiger partial charge is 0.243 e. The molecule has 1 aromatic carbocycles. The number of rotatable bonds is 5. The number of morpholine rings is 1. The zero-order chi connectivity index (χ0) is 20.0. The van der Waals surface area contributed by atoms with E-state index in [0.29, 0.717) is 18.8 Å². The number of hydrogen-bond donors (Lipinski definition) is 1. The number of aromatic nitrogens is 1. The molecular weight excluding hydrogens is 390 g/mol. The third-order valence-corrected chi connectivity index (χ3v) is 7.86. The van der Waals surface area contributed by atoms with E-state index in [1.54, 1.807) is 36.7 Å². The van der Waals surface area contributed by atoms with E-state index in [4.69, 9.17) is 4.74 Å². The van der Waals surface area contributed by atoms with Gasteiger partial charge in [-0.25, -0.2) is 8.42 Å². The van der Waals surface area contributed by atoms with Gasteiger partial charge in [-0.15, -0.1) is 0 Å². The summed E-state index contributed by atoms with van der Waals surface area (Å²) in [5.41, 5.74) is 1.68. The van der Waals surface area contributed by atoms with E-state index in [2.05, 4.69) is 10.3 Å². The Bertz CT molecular complexity index is 998. The number of pyridine rings is 1. The molecule has 4 atom stereocenters. The highest BCUT2D eigenvalue weighted by molar-refractivity contribution is 7.89. The first-order chi connectivity index (χ1) is 14.0. The monoisotopic (exact) mass is 413 g/mol. The van der Waals surface area contributed by atoms with Gasteiger partial charge in [-0.05, 0) is 61.1 Å². The minimum absolute atomic E-state index is 0.00777. The lowest BCUT2D eigenvalue weighted by Crippen LogP contribution is -2.45. The maximum Gasteiger partial charge on any atom is 0.243 e. The first-order valence-corrected chi connectivity index (χ1v) is 11.4. The molecule has 2 aromatic rings. The molecule has 8 heteroatoms. The first kappa shape index (κ1) is 18.7. The maximum absolute atomic E-state index is 12.9. The van der Waals surface area contributed by atoms with Gasteiger partial charge in [0.25, 0.3) is 0 Å². The largest absolute Gasteiger partial charge is 0.372 e. The van der Waals surface area contributed by atoms with Gasteiger partial charge >= 0.3 is 0 Å². The number of carbonyl (C=O) groups excluding carboxylic acids is 1. The quantitative estimate of drug-likeness (QED) is 0.813. The predicted molar refractivity (Wildman–Crippen MR) is 107 cm³/mol. The summed E-state index contributed by atoms with van der Waals surface area (Å²) in [4.78, 5) is 16.8. The summed E-state index contributed by atoms with van der Waals surface area (Å²) in [5.74, 6) is 0.102. The van der Waals surface area contributed by atoms with Gasteiger partial charge in [-0.3, -0.25) is 9.78 Å². The van der Waals surface area contributed by atoms with E-state index in [-0.39, 0.29) is 34.8 Å². The Morgan fingerprint density at radius 3 is 2.48 bits per heavy atom. The van der Waals surface area contributed by atoms with Gasteiger partial charge in [-0.2, -0.15) is 4.31 Å². The predicted octanol–water partition coefficient (Wildman–Crippen LogP) is 2.38. The van der Waals surface area contributed by atoms with Gasteiger partial charge in [0.05, 0.1) is 17.1 Å². The molecule has 2 unspecified atom stereocenters. The molecule has 0 radical (unpaired) electrons. The number of fused-ring (bicyclic) bond motifs is 2. The molecule has 3 aliphatic rings. The number of benzene rings is 1. The molecule has 152 valence electrons. The van der Waals surface area contributed by atoms with Crippen LogP contribution in [0.25, 0.3) is 0 Å². The van der Waals surface area contributed by atoms with E-state index in [0.717, 1.165) is 24.8 Å². The molecule has 1 amide bonds. The van der Waals surface area contributed by atoms with Gasteiger partial charge in [-0.1, -0.05) is 6.07 Å². The Labute approximate surface area is 170 Å². The second-order valence-corrected chi connectivity index (χ2v) is 9.97. The molecule has 1 N–H and O–H groups in total. The lowest BCUT2D eigenvalue weighted by Gasteiger charge is -2.31. The van der Waals surface area contributed by atoms with Gasteiger partial charge < -0.3 is 10.1 Å². The highest BCUT2D eigenvalue weighted by Gasteiger charge is 2.44. The van der Waals surface area contributed by atoms with Crippen LogP contribution in [0.15, 0.2) is 53.7 Å². The highest BCUT2D eigenvalue weighted by Crippen LogP contribution is 2.47. The second-order valence-electron chi connectivity index (χ2n) is 8.03. The zero-order valence-corrected chi connectivity index (χ0v) is 16.7. The summed E-state index contributed by atoms with van der Waals surface area (Å²) in [6.45, 7) is 0.823. The Morgan fingerprint density at radius 1 is 1.10 bits per heavy atom. The van der Waals surface area contributed by atoms with Gasteiger partial charge in [0, 0.05) is 37.1 Å². The molecule has 1 aromatic heterocycles. The van der Waals surface area contributed by atoms with Crippen LogP contribution in [0.4, 0.5) is 5.69 Å². The van der Waals surface area contributed by atoms with Crippen LogP contribution in [0.1, 0.15) is 30.7 Å². The normalized spacial score (nSPS) is 28.8. The fourth-order valence-corrected chi connectivity index (χ4v) is 5.82. The van der Waals surface area contributed by atoms with Crippen molar-refractivity contribution < 1.29 is 17.9 Å². The zero-order valence-electron chi connectivity index (χ0n) is 15.9. The van der Waals surface area contributed by atoms with Crippen molar-refractivity contribution in [1.29, 1.82) is 0 Å². The van der Waals surface area contributed by atoms with Crippen LogP contribution in [0, 0.1) is 5.92 Å². The first-order valence-electron chi connectivity index (χ1n) is 9.97. The average Bonchev–Trinajstić information content (AvgIpc) is 3.48. The van der Waals surface area contributed by atoms with Crippen LogP contribution in [0.3, 0.4) is 0 Å². The molecule has 1 saturated carbocycles. The van der Waals surface area contributed by atoms with Crippen LogP contribution in [0.5, 0.6) is 0 Å². The van der Waals surface area contributed by atoms with E-state index in [1.165, 1.54) is 4.31 Å². The fourth-order valence-electron chi connectivity index (χ4n) is 4.32. The lowest BCUT2D eigenvalue weighted by molar-refractivity contribution is -0.117. The maximum atomic E-state index is 12.9. The van der Waals surface area contributed by atoms with Crippen molar-refractivity contribution in [1.82, 2.24) is 9.29 Å². The van der Waals surface area contributed by atoms with Crippen molar-refractivity contribution in [3.05, 3.63) is 54.4 Å². The number of carbonyl (C=O) groups is 1. The van der Waals surface area contributed by atoms with E-state index in [9.17, 15) is 13.2 Å². The SMILES string of the molecule is O=C(Nc1ccc(S(=O)(=O)N2CC3CCC(C2)O3)cc1)[C@@H]1C[C@H]1c1cccnc1. The summed E-state index contributed by atoms with van der Waals surface area (Å²) >= 11 is 0. The number of hydrogen-bond acceptors (Lipinski definition) is 5. The minimum Gasteiger partial charge on any atom is -0.372 e. The van der Waals surface area contributed by atoms with Crippen molar-refractivity contribution in [3.63, 3.8) is 0 Å².